The monoisotopic (exact) mass is 378 g/mol. The average molecular weight is 379 g/mol. The number of aryl methyl sites for hydroxylation is 1. The predicted octanol–water partition coefficient (Wildman–Crippen LogP) is 3.48. The van der Waals surface area contributed by atoms with Crippen molar-refractivity contribution in [3.63, 3.8) is 0 Å². The highest BCUT2D eigenvalue weighted by molar-refractivity contribution is 7.11. The Morgan fingerprint density at radius 3 is 2.68 bits per heavy atom. The molecule has 0 saturated carbocycles. The van der Waals surface area contributed by atoms with E-state index in [1.54, 1.807) is 39.6 Å². The molecule has 2 aromatic rings. The normalized spacial score (nSPS) is 15.0. The van der Waals surface area contributed by atoms with E-state index in [4.69, 9.17) is 11.6 Å². The summed E-state index contributed by atoms with van der Waals surface area (Å²) in [4.78, 5) is 33.4. The van der Waals surface area contributed by atoms with Gasteiger partial charge in [-0.25, -0.2) is 9.78 Å². The molecular weight excluding hydrogens is 360 g/mol. The van der Waals surface area contributed by atoms with Gasteiger partial charge in [0.25, 0.3) is 5.91 Å². The van der Waals surface area contributed by atoms with Crippen molar-refractivity contribution in [2.75, 3.05) is 31.5 Å². The van der Waals surface area contributed by atoms with Gasteiger partial charge in [0.05, 0.1) is 11.2 Å². The van der Waals surface area contributed by atoms with E-state index in [0.29, 0.717) is 41.8 Å². The number of benzene rings is 1. The highest BCUT2D eigenvalue weighted by Crippen LogP contribution is 2.18. The SMILES string of the molecule is Cc1ncsc1C(=O)N1CCCN(C(=O)Nc2cccc(Cl)c2)CC1. The lowest BCUT2D eigenvalue weighted by atomic mass is 10.3. The van der Waals surface area contributed by atoms with Gasteiger partial charge >= 0.3 is 6.03 Å². The van der Waals surface area contributed by atoms with E-state index in [1.807, 2.05) is 6.92 Å². The van der Waals surface area contributed by atoms with E-state index in [-0.39, 0.29) is 11.9 Å². The minimum absolute atomic E-state index is 0.00269. The molecule has 0 radical (unpaired) electrons. The number of carbonyl (C=O) groups excluding carboxylic acids is 2. The molecular formula is C17H19ClN4O2S. The first-order chi connectivity index (χ1) is 12.0. The smallest absolute Gasteiger partial charge is 0.321 e. The Balaban J connectivity index is 1.60. The third kappa shape index (κ3) is 4.29. The first kappa shape index (κ1) is 17.7. The number of thiazole rings is 1. The van der Waals surface area contributed by atoms with Crippen molar-refractivity contribution in [3.05, 3.63) is 45.4 Å². The largest absolute Gasteiger partial charge is 0.336 e. The molecule has 1 aromatic carbocycles. The van der Waals surface area contributed by atoms with E-state index in [2.05, 4.69) is 10.3 Å². The molecule has 0 spiro atoms. The molecule has 2 heterocycles. The van der Waals surface area contributed by atoms with Gasteiger partial charge in [-0.15, -0.1) is 11.3 Å². The van der Waals surface area contributed by atoms with Crippen LogP contribution in [0.5, 0.6) is 0 Å². The van der Waals surface area contributed by atoms with Crippen LogP contribution in [0.15, 0.2) is 29.8 Å². The van der Waals surface area contributed by atoms with Crippen molar-refractivity contribution in [2.24, 2.45) is 0 Å². The molecule has 3 amide bonds. The second-order valence-corrected chi connectivity index (χ2v) is 7.13. The number of amides is 3. The van der Waals surface area contributed by atoms with Gasteiger partial charge in [0.1, 0.15) is 4.88 Å². The Labute approximate surface area is 155 Å². The van der Waals surface area contributed by atoms with Crippen LogP contribution < -0.4 is 5.32 Å². The highest BCUT2D eigenvalue weighted by atomic mass is 35.5. The third-order valence-electron chi connectivity index (χ3n) is 4.09. The van der Waals surface area contributed by atoms with Gasteiger partial charge in [0.15, 0.2) is 0 Å². The van der Waals surface area contributed by atoms with E-state index in [1.165, 1.54) is 11.3 Å². The van der Waals surface area contributed by atoms with Crippen LogP contribution in [0, 0.1) is 6.92 Å². The van der Waals surface area contributed by atoms with E-state index < -0.39 is 0 Å². The molecule has 25 heavy (non-hydrogen) atoms. The van der Waals surface area contributed by atoms with Crippen molar-refractivity contribution in [1.82, 2.24) is 14.8 Å². The number of anilines is 1. The number of carbonyl (C=O) groups is 2. The standard InChI is InChI=1S/C17H19ClN4O2S/c1-12-15(25-11-19-12)16(23)21-6-3-7-22(9-8-21)17(24)20-14-5-2-4-13(18)10-14/h2,4-5,10-11H,3,6-9H2,1H3,(H,20,24). The fraction of sp³-hybridized carbons (Fsp3) is 0.353. The Kier molecular flexibility index (Phi) is 5.55. The van der Waals surface area contributed by atoms with Crippen LogP contribution in [0.25, 0.3) is 0 Å². The summed E-state index contributed by atoms with van der Waals surface area (Å²) in [5.41, 5.74) is 3.11. The van der Waals surface area contributed by atoms with Gasteiger partial charge in [-0.3, -0.25) is 4.79 Å². The Hall–Kier alpha value is -2.12. The lowest BCUT2D eigenvalue weighted by molar-refractivity contribution is 0.0766. The second kappa shape index (κ2) is 7.84. The molecule has 132 valence electrons. The lowest BCUT2D eigenvalue weighted by Crippen LogP contribution is -2.39. The Bertz CT molecular complexity index is 780. The van der Waals surface area contributed by atoms with E-state index in [0.717, 1.165) is 12.1 Å². The Morgan fingerprint density at radius 1 is 1.20 bits per heavy atom. The second-order valence-electron chi connectivity index (χ2n) is 5.84. The average Bonchev–Trinajstić information content (AvgIpc) is 2.86. The van der Waals surface area contributed by atoms with Gasteiger partial charge in [0, 0.05) is 36.9 Å². The maximum atomic E-state index is 12.6. The van der Waals surface area contributed by atoms with Gasteiger partial charge in [-0.1, -0.05) is 17.7 Å². The van der Waals surface area contributed by atoms with Gasteiger partial charge in [-0.2, -0.15) is 0 Å². The number of nitrogens with one attached hydrogen (secondary N) is 1. The van der Waals surface area contributed by atoms with Crippen LogP contribution in [0.3, 0.4) is 0 Å². The summed E-state index contributed by atoms with van der Waals surface area (Å²) in [5.74, 6) is -0.00269. The minimum Gasteiger partial charge on any atom is -0.336 e. The summed E-state index contributed by atoms with van der Waals surface area (Å²) in [6.07, 6.45) is 0.743. The Morgan fingerprint density at radius 2 is 1.96 bits per heavy atom. The zero-order chi connectivity index (χ0) is 17.8. The molecule has 1 aliphatic heterocycles. The molecule has 1 aromatic heterocycles. The fourth-order valence-corrected chi connectivity index (χ4v) is 3.70. The van der Waals surface area contributed by atoms with Gasteiger partial charge < -0.3 is 15.1 Å². The number of hydrogen-bond acceptors (Lipinski definition) is 4. The first-order valence-corrected chi connectivity index (χ1v) is 9.31. The van der Waals surface area contributed by atoms with Crippen LogP contribution in [-0.2, 0) is 0 Å². The number of hydrogen-bond donors (Lipinski definition) is 1. The van der Waals surface area contributed by atoms with E-state index >= 15 is 0 Å². The summed E-state index contributed by atoms with van der Waals surface area (Å²) in [5, 5.41) is 3.43. The number of rotatable bonds is 2. The minimum atomic E-state index is -0.175. The predicted molar refractivity (Wildman–Crippen MR) is 99.4 cm³/mol. The van der Waals surface area contributed by atoms with Crippen LogP contribution in [-0.4, -0.2) is 52.9 Å². The molecule has 0 bridgehead atoms. The molecule has 1 aliphatic rings. The summed E-state index contributed by atoms with van der Waals surface area (Å²) >= 11 is 7.30. The molecule has 6 nitrogen and oxygen atoms in total. The van der Waals surface area contributed by atoms with Gasteiger partial charge in [-0.05, 0) is 31.5 Å². The number of halogens is 1. The molecule has 0 atom stereocenters. The maximum absolute atomic E-state index is 12.6. The molecule has 1 saturated heterocycles. The quantitative estimate of drug-likeness (QED) is 0.869. The molecule has 8 heteroatoms. The van der Waals surface area contributed by atoms with Crippen molar-refractivity contribution in [2.45, 2.75) is 13.3 Å². The number of aromatic nitrogens is 1. The van der Waals surface area contributed by atoms with Crippen molar-refractivity contribution >= 4 is 40.6 Å². The highest BCUT2D eigenvalue weighted by Gasteiger charge is 2.24. The summed E-state index contributed by atoms with van der Waals surface area (Å²) in [6.45, 7) is 4.09. The van der Waals surface area contributed by atoms with Crippen LogP contribution in [0.1, 0.15) is 21.8 Å². The topological polar surface area (TPSA) is 65.5 Å². The van der Waals surface area contributed by atoms with Gasteiger partial charge in [0.2, 0.25) is 0 Å². The number of nitrogens with zero attached hydrogens (tertiary/aromatic N) is 3. The van der Waals surface area contributed by atoms with Crippen molar-refractivity contribution in [3.8, 4) is 0 Å². The third-order valence-corrected chi connectivity index (χ3v) is 5.24. The molecule has 3 rings (SSSR count). The van der Waals surface area contributed by atoms with Crippen LogP contribution >= 0.6 is 22.9 Å². The van der Waals surface area contributed by atoms with Crippen molar-refractivity contribution < 1.29 is 9.59 Å². The zero-order valence-corrected chi connectivity index (χ0v) is 15.4. The summed E-state index contributed by atoms with van der Waals surface area (Å²) < 4.78 is 0. The first-order valence-electron chi connectivity index (χ1n) is 8.05. The zero-order valence-electron chi connectivity index (χ0n) is 13.9. The molecule has 1 N–H and O–H groups in total. The molecule has 0 unspecified atom stereocenters. The van der Waals surface area contributed by atoms with Crippen LogP contribution in [0.4, 0.5) is 10.5 Å². The lowest BCUT2D eigenvalue weighted by Gasteiger charge is -2.22. The maximum Gasteiger partial charge on any atom is 0.321 e. The number of urea groups is 1. The molecule has 0 aliphatic carbocycles. The van der Waals surface area contributed by atoms with E-state index in [9.17, 15) is 9.59 Å². The van der Waals surface area contributed by atoms with Crippen molar-refractivity contribution in [1.29, 1.82) is 0 Å². The fourth-order valence-electron chi connectivity index (χ4n) is 2.74. The summed E-state index contributed by atoms with van der Waals surface area (Å²) in [6, 6.07) is 6.88. The van der Waals surface area contributed by atoms with Crippen LogP contribution in [0.2, 0.25) is 5.02 Å². The summed E-state index contributed by atoms with van der Waals surface area (Å²) in [7, 11) is 0. The molecule has 1 fully saturated rings.